The molecule has 0 bridgehead atoms. The molecule has 0 unspecified atom stereocenters. The topological polar surface area (TPSA) is 105 Å². The van der Waals surface area contributed by atoms with E-state index in [9.17, 15) is 9.90 Å². The van der Waals surface area contributed by atoms with Gasteiger partial charge in [0.05, 0.1) is 18.9 Å². The van der Waals surface area contributed by atoms with Crippen LogP contribution < -0.4 is 5.32 Å². The molecule has 1 aromatic carbocycles. The van der Waals surface area contributed by atoms with Crippen molar-refractivity contribution in [2.75, 3.05) is 44.7 Å². The fraction of sp³-hybridized carbons (Fsp3) is 0.400. The zero-order chi connectivity index (χ0) is 19.6. The van der Waals surface area contributed by atoms with Crippen LogP contribution in [0.1, 0.15) is 13.3 Å². The van der Waals surface area contributed by atoms with Crippen molar-refractivity contribution in [1.29, 1.82) is 0 Å². The van der Waals surface area contributed by atoms with Crippen LogP contribution >= 0.6 is 0 Å². The first-order chi connectivity index (χ1) is 13.0. The van der Waals surface area contributed by atoms with E-state index in [0.29, 0.717) is 30.1 Å². The van der Waals surface area contributed by atoms with Crippen molar-refractivity contribution in [2.24, 2.45) is 4.99 Å². The van der Waals surface area contributed by atoms with Crippen LogP contribution in [0, 0.1) is 0 Å². The highest BCUT2D eigenvalue weighted by Crippen LogP contribution is 2.20. The van der Waals surface area contributed by atoms with Crippen molar-refractivity contribution in [3.8, 4) is 0 Å². The number of anilines is 1. The van der Waals surface area contributed by atoms with E-state index in [2.05, 4.69) is 10.3 Å². The second-order valence-corrected chi connectivity index (χ2v) is 6.28. The molecule has 27 heavy (non-hydrogen) atoms. The molecule has 0 aromatic heterocycles. The smallest absolute Gasteiger partial charge is 0.185 e. The number of aliphatic hydroxyl groups is 3. The Bertz CT molecular complexity index is 717. The number of nitrogens with zero attached hydrogens (tertiary/aromatic N) is 2. The van der Waals surface area contributed by atoms with Gasteiger partial charge in [-0.1, -0.05) is 0 Å². The van der Waals surface area contributed by atoms with Crippen LogP contribution in [-0.2, 0) is 4.79 Å². The molecule has 0 radical (unpaired) electrons. The first kappa shape index (κ1) is 20.8. The van der Waals surface area contributed by atoms with Gasteiger partial charge in [-0.2, -0.15) is 0 Å². The lowest BCUT2D eigenvalue weighted by atomic mass is 10.0. The van der Waals surface area contributed by atoms with Crippen LogP contribution in [0.4, 0.5) is 11.4 Å². The molecule has 0 heterocycles. The number of nitrogens with one attached hydrogen (secondary N) is 1. The van der Waals surface area contributed by atoms with E-state index in [1.165, 1.54) is 12.2 Å². The Morgan fingerprint density at radius 3 is 2.33 bits per heavy atom. The summed E-state index contributed by atoms with van der Waals surface area (Å²) < 4.78 is 0. The van der Waals surface area contributed by atoms with Gasteiger partial charge in [-0.15, -0.1) is 0 Å². The third-order valence-corrected chi connectivity index (χ3v) is 4.29. The monoisotopic (exact) mass is 373 g/mol. The number of allylic oxidation sites excluding steroid dienone is 3. The van der Waals surface area contributed by atoms with Crippen LogP contribution in [0.15, 0.2) is 52.7 Å². The molecule has 0 aliphatic heterocycles. The van der Waals surface area contributed by atoms with Gasteiger partial charge in [0.25, 0.3) is 0 Å². The van der Waals surface area contributed by atoms with E-state index in [-0.39, 0.29) is 24.8 Å². The second kappa shape index (κ2) is 10.6. The average molecular weight is 373 g/mol. The number of rotatable bonds is 10. The van der Waals surface area contributed by atoms with Gasteiger partial charge in [0.2, 0.25) is 0 Å². The first-order valence-electron chi connectivity index (χ1n) is 9.04. The zero-order valence-corrected chi connectivity index (χ0v) is 15.6. The van der Waals surface area contributed by atoms with Crippen molar-refractivity contribution < 1.29 is 20.1 Å². The molecule has 1 aromatic rings. The molecule has 1 aliphatic rings. The standard InChI is InChI=1S/C20H27N3O4/c1-15-19(26)8-7-18(20(15)27)22-17-5-3-16(4-6-17)21-9-2-10-23(11-13-24)12-14-25/h3-8,21,24-25,27H,2,9-14H2,1H3. The van der Waals surface area contributed by atoms with Crippen LogP contribution in [0.25, 0.3) is 0 Å². The molecule has 2 rings (SSSR count). The molecule has 0 fully saturated rings. The van der Waals surface area contributed by atoms with E-state index < -0.39 is 0 Å². The summed E-state index contributed by atoms with van der Waals surface area (Å²) >= 11 is 0. The van der Waals surface area contributed by atoms with Crippen LogP contribution in [0.3, 0.4) is 0 Å². The minimum absolute atomic E-state index is 0.0833. The van der Waals surface area contributed by atoms with Crippen molar-refractivity contribution in [3.63, 3.8) is 0 Å². The highest BCUT2D eigenvalue weighted by atomic mass is 16.3. The van der Waals surface area contributed by atoms with Gasteiger partial charge in [-0.3, -0.25) is 9.69 Å². The molecule has 0 saturated carbocycles. The highest BCUT2D eigenvalue weighted by molar-refractivity contribution is 6.21. The van der Waals surface area contributed by atoms with Crippen LogP contribution in [0.2, 0.25) is 0 Å². The summed E-state index contributed by atoms with van der Waals surface area (Å²) in [6.07, 6.45) is 3.81. The first-order valence-corrected chi connectivity index (χ1v) is 9.04. The molecule has 0 saturated heterocycles. The maximum absolute atomic E-state index is 11.5. The number of ketones is 1. The molecule has 1 aliphatic carbocycles. The second-order valence-electron chi connectivity index (χ2n) is 6.28. The number of aliphatic hydroxyl groups excluding tert-OH is 3. The van der Waals surface area contributed by atoms with E-state index in [1.807, 2.05) is 29.2 Å². The lowest BCUT2D eigenvalue weighted by Crippen LogP contribution is -2.31. The number of benzene rings is 1. The maximum Gasteiger partial charge on any atom is 0.185 e. The minimum atomic E-state index is -0.206. The molecule has 7 heteroatoms. The summed E-state index contributed by atoms with van der Waals surface area (Å²) in [6.45, 7) is 4.46. The Kier molecular flexibility index (Phi) is 8.19. The van der Waals surface area contributed by atoms with Crippen molar-refractivity contribution >= 4 is 22.9 Å². The number of carbonyl (C=O) groups excluding carboxylic acids is 1. The lowest BCUT2D eigenvalue weighted by Gasteiger charge is -2.20. The number of carbonyl (C=O) groups is 1. The van der Waals surface area contributed by atoms with Gasteiger partial charge in [-0.05, 0) is 56.3 Å². The summed E-state index contributed by atoms with van der Waals surface area (Å²) in [5.74, 6) is -0.289. The van der Waals surface area contributed by atoms with E-state index in [4.69, 9.17) is 10.2 Å². The molecular formula is C20H27N3O4. The number of hydrogen-bond acceptors (Lipinski definition) is 7. The highest BCUT2D eigenvalue weighted by Gasteiger charge is 2.16. The van der Waals surface area contributed by atoms with Gasteiger partial charge in [0, 0.05) is 30.9 Å². The van der Waals surface area contributed by atoms with Gasteiger partial charge in [0.15, 0.2) is 5.78 Å². The maximum atomic E-state index is 11.5. The number of aliphatic imine (C=N–C) groups is 1. The Hall–Kier alpha value is -2.48. The summed E-state index contributed by atoms with van der Waals surface area (Å²) in [5, 5.41) is 31.3. The lowest BCUT2D eigenvalue weighted by molar-refractivity contribution is -0.111. The average Bonchev–Trinajstić information content (AvgIpc) is 2.67. The summed E-state index contributed by atoms with van der Waals surface area (Å²) in [4.78, 5) is 17.9. The summed E-state index contributed by atoms with van der Waals surface area (Å²) in [7, 11) is 0. The molecule has 0 amide bonds. The van der Waals surface area contributed by atoms with Crippen molar-refractivity contribution in [3.05, 3.63) is 47.7 Å². The molecule has 0 atom stereocenters. The Labute approximate surface area is 159 Å². The van der Waals surface area contributed by atoms with Crippen molar-refractivity contribution in [1.82, 2.24) is 4.90 Å². The SMILES string of the molecule is CC1=C(O)C(=Nc2ccc(NCCCN(CCO)CCO)cc2)C=CC1=O. The molecule has 7 nitrogen and oxygen atoms in total. The van der Waals surface area contributed by atoms with Gasteiger partial charge < -0.3 is 20.6 Å². The predicted octanol–water partition coefficient (Wildman–Crippen LogP) is 1.82. The zero-order valence-electron chi connectivity index (χ0n) is 15.6. The van der Waals surface area contributed by atoms with E-state index >= 15 is 0 Å². The van der Waals surface area contributed by atoms with Crippen LogP contribution in [0.5, 0.6) is 0 Å². The third kappa shape index (κ3) is 6.32. The fourth-order valence-electron chi connectivity index (χ4n) is 2.70. The molecular weight excluding hydrogens is 346 g/mol. The number of hydrogen-bond donors (Lipinski definition) is 4. The van der Waals surface area contributed by atoms with Gasteiger partial charge in [-0.25, -0.2) is 4.99 Å². The quantitative estimate of drug-likeness (QED) is 0.368. The Morgan fingerprint density at radius 1 is 1.04 bits per heavy atom. The predicted molar refractivity (Wildman–Crippen MR) is 107 cm³/mol. The summed E-state index contributed by atoms with van der Waals surface area (Å²) in [6, 6.07) is 7.49. The van der Waals surface area contributed by atoms with Gasteiger partial charge >= 0.3 is 0 Å². The van der Waals surface area contributed by atoms with Gasteiger partial charge in [0.1, 0.15) is 11.5 Å². The minimum Gasteiger partial charge on any atom is -0.505 e. The Morgan fingerprint density at radius 2 is 1.70 bits per heavy atom. The van der Waals surface area contributed by atoms with Crippen LogP contribution in [-0.4, -0.2) is 71.1 Å². The van der Waals surface area contributed by atoms with Crippen molar-refractivity contribution in [2.45, 2.75) is 13.3 Å². The normalized spacial score (nSPS) is 15.9. The third-order valence-electron chi connectivity index (χ3n) is 4.29. The van der Waals surface area contributed by atoms with E-state index in [1.54, 1.807) is 6.92 Å². The molecule has 0 spiro atoms. The largest absolute Gasteiger partial charge is 0.505 e. The fourth-order valence-corrected chi connectivity index (χ4v) is 2.70. The summed E-state index contributed by atoms with van der Waals surface area (Å²) in [5.41, 5.74) is 2.32. The molecule has 146 valence electrons. The van der Waals surface area contributed by atoms with E-state index in [0.717, 1.165) is 25.2 Å². The molecule has 4 N–H and O–H groups in total. The Balaban J connectivity index is 1.86.